The van der Waals surface area contributed by atoms with E-state index in [2.05, 4.69) is 4.98 Å². The van der Waals surface area contributed by atoms with Crippen molar-refractivity contribution in [2.24, 2.45) is 0 Å². The van der Waals surface area contributed by atoms with Crippen LogP contribution in [0.3, 0.4) is 0 Å². The Bertz CT molecular complexity index is 814. The fourth-order valence-electron chi connectivity index (χ4n) is 2.67. The normalized spacial score (nSPS) is 20.3. The Morgan fingerprint density at radius 1 is 0.880 bits per heavy atom. The van der Waals surface area contributed by atoms with Gasteiger partial charge in [0, 0.05) is 11.7 Å². The number of para-hydroxylation sites is 2. The van der Waals surface area contributed by atoms with Crippen molar-refractivity contribution in [1.29, 1.82) is 0 Å². The van der Waals surface area contributed by atoms with Gasteiger partial charge in [-0.25, -0.2) is 0 Å². The first-order chi connectivity index (χ1) is 11.9. The molecule has 0 amide bonds. The Balaban J connectivity index is 1.53. The summed E-state index contributed by atoms with van der Waals surface area (Å²) in [5, 5.41) is 0. The molecule has 0 N–H and O–H groups in total. The number of nitrogens with zero attached hydrogens (tertiary/aromatic N) is 1. The fraction of sp³-hybridized carbons (Fsp3) is 0.316. The van der Waals surface area contributed by atoms with Crippen LogP contribution in [0.1, 0.15) is 33.4 Å². The average molecular weight is 337 g/mol. The van der Waals surface area contributed by atoms with E-state index in [1.54, 1.807) is 12.5 Å². The largest absolute Gasteiger partial charge is 0.496 e. The van der Waals surface area contributed by atoms with Crippen LogP contribution in [-0.4, -0.2) is 23.3 Å². The molecule has 128 valence electrons. The average Bonchev–Trinajstić information content (AvgIpc) is 2.82. The SMILES string of the molecule is CC1(C)OB(c2ccc(C3=COc4ccccc4O3)nc2)OC1(C)C. The lowest BCUT2D eigenvalue weighted by molar-refractivity contribution is 0.00578. The Hall–Kier alpha value is -2.31. The third-order valence-electron chi connectivity index (χ3n) is 4.93. The molecule has 0 unspecified atom stereocenters. The Morgan fingerprint density at radius 3 is 2.20 bits per heavy atom. The highest BCUT2D eigenvalue weighted by Crippen LogP contribution is 2.37. The summed E-state index contributed by atoms with van der Waals surface area (Å²) in [5.41, 5.74) is 0.820. The second-order valence-corrected chi connectivity index (χ2v) is 7.21. The quantitative estimate of drug-likeness (QED) is 0.788. The first-order valence-corrected chi connectivity index (χ1v) is 8.31. The third kappa shape index (κ3) is 2.81. The molecule has 0 saturated carbocycles. The highest BCUT2D eigenvalue weighted by atomic mass is 16.7. The molecule has 0 aliphatic carbocycles. The molecule has 2 aliphatic heterocycles. The molecular weight excluding hydrogens is 317 g/mol. The van der Waals surface area contributed by atoms with Gasteiger partial charge in [0.2, 0.25) is 0 Å². The van der Waals surface area contributed by atoms with Crippen LogP contribution < -0.4 is 14.9 Å². The monoisotopic (exact) mass is 337 g/mol. The minimum absolute atomic E-state index is 0.372. The van der Waals surface area contributed by atoms with Gasteiger partial charge in [-0.05, 0) is 45.9 Å². The highest BCUT2D eigenvalue weighted by Gasteiger charge is 2.51. The molecule has 0 atom stereocenters. The van der Waals surface area contributed by atoms with E-state index in [4.69, 9.17) is 18.8 Å². The molecule has 2 aliphatic rings. The van der Waals surface area contributed by atoms with Crippen LogP contribution in [0.15, 0.2) is 48.9 Å². The van der Waals surface area contributed by atoms with Crippen LogP contribution in [0, 0.1) is 0 Å². The second kappa shape index (κ2) is 5.61. The number of hydrogen-bond acceptors (Lipinski definition) is 5. The van der Waals surface area contributed by atoms with Crippen molar-refractivity contribution in [1.82, 2.24) is 4.98 Å². The van der Waals surface area contributed by atoms with E-state index in [0.717, 1.165) is 5.46 Å². The maximum Gasteiger partial charge on any atom is 0.496 e. The van der Waals surface area contributed by atoms with Crippen molar-refractivity contribution >= 4 is 18.3 Å². The topological polar surface area (TPSA) is 49.8 Å². The summed E-state index contributed by atoms with van der Waals surface area (Å²) in [6.45, 7) is 8.13. The highest BCUT2D eigenvalue weighted by molar-refractivity contribution is 6.62. The number of aromatic nitrogens is 1. The predicted molar refractivity (Wildman–Crippen MR) is 95.6 cm³/mol. The molecule has 1 aromatic carbocycles. The molecule has 3 heterocycles. The summed E-state index contributed by atoms with van der Waals surface area (Å²) < 4.78 is 23.6. The van der Waals surface area contributed by atoms with Crippen molar-refractivity contribution < 1.29 is 18.8 Å². The van der Waals surface area contributed by atoms with Crippen LogP contribution in [-0.2, 0) is 9.31 Å². The number of benzene rings is 1. The summed E-state index contributed by atoms with van der Waals surface area (Å²) >= 11 is 0. The maximum atomic E-state index is 6.05. The van der Waals surface area contributed by atoms with Crippen LogP contribution in [0.2, 0.25) is 0 Å². The molecule has 0 radical (unpaired) electrons. The maximum absolute atomic E-state index is 6.05. The van der Waals surface area contributed by atoms with Crippen LogP contribution in [0.5, 0.6) is 11.5 Å². The van der Waals surface area contributed by atoms with Gasteiger partial charge in [0.25, 0.3) is 0 Å². The van der Waals surface area contributed by atoms with Crippen LogP contribution in [0.4, 0.5) is 0 Å². The first-order valence-electron chi connectivity index (χ1n) is 8.31. The lowest BCUT2D eigenvalue weighted by Gasteiger charge is -2.32. The van der Waals surface area contributed by atoms with Crippen molar-refractivity contribution in [2.75, 3.05) is 0 Å². The molecule has 0 spiro atoms. The van der Waals surface area contributed by atoms with E-state index in [1.807, 2.05) is 64.1 Å². The molecule has 1 fully saturated rings. The summed E-state index contributed by atoms with van der Waals surface area (Å²) in [5.74, 6) is 1.94. The molecule has 1 saturated heterocycles. The van der Waals surface area contributed by atoms with E-state index in [9.17, 15) is 0 Å². The zero-order chi connectivity index (χ0) is 17.7. The van der Waals surface area contributed by atoms with Crippen molar-refractivity contribution in [3.05, 3.63) is 54.6 Å². The van der Waals surface area contributed by atoms with Crippen LogP contribution >= 0.6 is 0 Å². The van der Waals surface area contributed by atoms with Gasteiger partial charge in [-0.2, -0.15) is 0 Å². The lowest BCUT2D eigenvalue weighted by Crippen LogP contribution is -2.41. The Kier molecular flexibility index (Phi) is 3.63. The summed E-state index contributed by atoms with van der Waals surface area (Å²) in [6.07, 6.45) is 3.32. The molecule has 4 rings (SSSR count). The molecule has 1 aromatic heterocycles. The van der Waals surface area contributed by atoms with Gasteiger partial charge in [0.15, 0.2) is 17.3 Å². The zero-order valence-corrected chi connectivity index (χ0v) is 14.8. The first kappa shape index (κ1) is 16.2. The molecule has 6 heteroatoms. The van der Waals surface area contributed by atoms with Gasteiger partial charge in [0.1, 0.15) is 12.0 Å². The number of rotatable bonds is 2. The summed E-state index contributed by atoms with van der Waals surface area (Å²) in [6, 6.07) is 11.3. The van der Waals surface area contributed by atoms with Crippen molar-refractivity contribution in [3.63, 3.8) is 0 Å². The van der Waals surface area contributed by atoms with E-state index in [-0.39, 0.29) is 11.2 Å². The Labute approximate surface area is 147 Å². The summed E-state index contributed by atoms with van der Waals surface area (Å²) in [4.78, 5) is 4.48. The van der Waals surface area contributed by atoms with E-state index < -0.39 is 7.12 Å². The van der Waals surface area contributed by atoms with Gasteiger partial charge >= 0.3 is 7.12 Å². The number of hydrogen-bond donors (Lipinski definition) is 0. The van der Waals surface area contributed by atoms with Crippen LogP contribution in [0.25, 0.3) is 5.76 Å². The van der Waals surface area contributed by atoms with Crippen molar-refractivity contribution in [2.45, 2.75) is 38.9 Å². The number of fused-ring (bicyclic) bond motifs is 1. The molecule has 25 heavy (non-hydrogen) atoms. The minimum atomic E-state index is -0.426. The zero-order valence-electron chi connectivity index (χ0n) is 14.8. The van der Waals surface area contributed by atoms with Crippen molar-refractivity contribution in [3.8, 4) is 11.5 Å². The summed E-state index contributed by atoms with van der Waals surface area (Å²) in [7, 11) is -0.426. The minimum Gasteiger partial charge on any atom is -0.457 e. The predicted octanol–water partition coefficient (Wildman–Crippen LogP) is 3.15. The van der Waals surface area contributed by atoms with E-state index in [0.29, 0.717) is 23.0 Å². The van der Waals surface area contributed by atoms with Gasteiger partial charge in [-0.1, -0.05) is 18.2 Å². The smallest absolute Gasteiger partial charge is 0.457 e. The molecule has 2 aromatic rings. The molecule has 0 bridgehead atoms. The molecular formula is C19H20BNO4. The van der Waals surface area contributed by atoms with Gasteiger partial charge in [-0.3, -0.25) is 4.98 Å². The fourth-order valence-corrected chi connectivity index (χ4v) is 2.67. The van der Waals surface area contributed by atoms with Gasteiger partial charge in [-0.15, -0.1) is 0 Å². The number of pyridine rings is 1. The van der Waals surface area contributed by atoms with E-state index >= 15 is 0 Å². The number of ether oxygens (including phenoxy) is 2. The standard InChI is InChI=1S/C19H20BNO4/c1-18(2)19(3,4)25-20(24-18)13-9-10-14(21-11-13)17-12-22-15-7-5-6-8-16(15)23-17/h5-12H,1-4H3. The van der Waals surface area contributed by atoms with Gasteiger partial charge in [0.05, 0.1) is 11.2 Å². The van der Waals surface area contributed by atoms with Gasteiger partial charge < -0.3 is 18.8 Å². The van der Waals surface area contributed by atoms with E-state index in [1.165, 1.54) is 0 Å². The second-order valence-electron chi connectivity index (χ2n) is 7.21. The Morgan fingerprint density at radius 2 is 1.56 bits per heavy atom. The molecule has 5 nitrogen and oxygen atoms in total. The lowest BCUT2D eigenvalue weighted by atomic mass is 9.80. The third-order valence-corrected chi connectivity index (χ3v) is 4.93.